The normalized spacial score (nSPS) is 12.3. The van der Waals surface area contributed by atoms with Gasteiger partial charge in [-0.1, -0.05) is 38.1 Å². The Morgan fingerprint density at radius 1 is 1.03 bits per heavy atom. The van der Waals surface area contributed by atoms with Crippen LogP contribution in [-0.4, -0.2) is 41.3 Å². The summed E-state index contributed by atoms with van der Waals surface area (Å²) in [5.41, 5.74) is 1.25. The fraction of sp³-hybridized carbons (Fsp3) is 0.409. The Kier molecular flexibility index (Phi) is 8.11. The summed E-state index contributed by atoms with van der Waals surface area (Å²) in [6.45, 7) is 3.80. The maximum absolute atomic E-state index is 12.9. The number of carbonyl (C=O) groups excluding carboxylic acids is 1. The molecular formula is C22H30N2O5S. The van der Waals surface area contributed by atoms with Crippen molar-refractivity contribution in [2.75, 3.05) is 31.3 Å². The first-order valence-electron chi connectivity index (χ1n) is 9.69. The van der Waals surface area contributed by atoms with Gasteiger partial charge in [-0.2, -0.15) is 0 Å². The van der Waals surface area contributed by atoms with Crippen molar-refractivity contribution in [3.8, 4) is 11.5 Å². The Labute approximate surface area is 179 Å². The van der Waals surface area contributed by atoms with E-state index in [0.29, 0.717) is 23.8 Å². The third kappa shape index (κ3) is 6.38. The van der Waals surface area contributed by atoms with Gasteiger partial charge in [0.25, 0.3) is 0 Å². The smallest absolute Gasteiger partial charge is 0.241 e. The molecule has 2 rings (SSSR count). The van der Waals surface area contributed by atoms with Gasteiger partial charge in [0.15, 0.2) is 0 Å². The van der Waals surface area contributed by atoms with Crippen LogP contribution in [-0.2, 0) is 14.8 Å². The number of carbonyl (C=O) groups is 1. The summed E-state index contributed by atoms with van der Waals surface area (Å²) in [5.74, 6) is 1.04. The number of nitrogens with one attached hydrogen (secondary N) is 1. The molecular weight excluding hydrogens is 404 g/mol. The van der Waals surface area contributed by atoms with E-state index in [1.54, 1.807) is 31.4 Å². The SMILES string of the molecule is COc1ccc([C@@H](CC(C)C)NC(=O)CN(c2ccccc2OC)S(C)(=O)=O)cc1. The van der Waals surface area contributed by atoms with Crippen LogP contribution in [0.3, 0.4) is 0 Å². The summed E-state index contributed by atoms with van der Waals surface area (Å²) in [7, 11) is -0.645. The second-order valence-corrected chi connectivity index (χ2v) is 9.37. The monoisotopic (exact) mass is 434 g/mol. The van der Waals surface area contributed by atoms with Crippen LogP contribution in [0.5, 0.6) is 11.5 Å². The zero-order valence-corrected chi connectivity index (χ0v) is 18.9. The Morgan fingerprint density at radius 3 is 2.20 bits per heavy atom. The van der Waals surface area contributed by atoms with Gasteiger partial charge in [0.2, 0.25) is 15.9 Å². The zero-order valence-electron chi connectivity index (χ0n) is 18.1. The average Bonchev–Trinajstić information content (AvgIpc) is 2.70. The molecule has 8 heteroatoms. The molecule has 0 aliphatic heterocycles. The largest absolute Gasteiger partial charge is 0.497 e. The Balaban J connectivity index is 2.26. The average molecular weight is 435 g/mol. The van der Waals surface area contributed by atoms with E-state index >= 15 is 0 Å². The number of sulfonamides is 1. The molecule has 0 heterocycles. The lowest BCUT2D eigenvalue weighted by molar-refractivity contribution is -0.120. The van der Waals surface area contributed by atoms with Crippen molar-refractivity contribution in [2.45, 2.75) is 26.3 Å². The van der Waals surface area contributed by atoms with Crippen molar-refractivity contribution in [2.24, 2.45) is 5.92 Å². The van der Waals surface area contributed by atoms with Crippen molar-refractivity contribution >= 4 is 21.6 Å². The molecule has 0 aromatic heterocycles. The highest BCUT2D eigenvalue weighted by molar-refractivity contribution is 7.92. The lowest BCUT2D eigenvalue weighted by Gasteiger charge is -2.26. The Morgan fingerprint density at radius 2 is 1.67 bits per heavy atom. The van der Waals surface area contributed by atoms with Gasteiger partial charge in [-0.15, -0.1) is 0 Å². The summed E-state index contributed by atoms with van der Waals surface area (Å²) in [6, 6.07) is 14.0. The topological polar surface area (TPSA) is 84.9 Å². The molecule has 30 heavy (non-hydrogen) atoms. The number of nitrogens with zero attached hydrogens (tertiary/aromatic N) is 1. The van der Waals surface area contributed by atoms with Crippen molar-refractivity contribution < 1.29 is 22.7 Å². The molecule has 0 bridgehead atoms. The van der Waals surface area contributed by atoms with Gasteiger partial charge in [-0.25, -0.2) is 8.42 Å². The predicted octanol–water partition coefficient (Wildman–Crippen LogP) is 3.37. The molecule has 0 aliphatic rings. The standard InChI is InChI=1S/C22H30N2O5S/c1-16(2)14-19(17-10-12-18(28-3)13-11-17)23-22(25)15-24(30(5,26)27)20-8-6-7-9-21(20)29-4/h6-13,16,19H,14-15H2,1-5H3,(H,23,25)/t19-/m1/s1. The fourth-order valence-electron chi connectivity index (χ4n) is 3.17. The summed E-state index contributed by atoms with van der Waals surface area (Å²) in [5, 5.41) is 2.99. The summed E-state index contributed by atoms with van der Waals surface area (Å²) < 4.78 is 36.4. The van der Waals surface area contributed by atoms with E-state index in [4.69, 9.17) is 9.47 Å². The van der Waals surface area contributed by atoms with E-state index in [2.05, 4.69) is 19.2 Å². The summed E-state index contributed by atoms with van der Waals surface area (Å²) in [6.07, 6.45) is 1.79. The third-order valence-corrected chi connectivity index (χ3v) is 5.73. The molecule has 2 aromatic carbocycles. The molecule has 0 fully saturated rings. The molecule has 1 N–H and O–H groups in total. The number of para-hydroxylation sites is 2. The van der Waals surface area contributed by atoms with Crippen molar-refractivity contribution in [1.29, 1.82) is 0 Å². The predicted molar refractivity (Wildman–Crippen MR) is 119 cm³/mol. The Bertz CT molecular complexity index is 942. The minimum absolute atomic E-state index is 0.248. The number of ether oxygens (including phenoxy) is 2. The fourth-order valence-corrected chi connectivity index (χ4v) is 4.03. The molecule has 2 aromatic rings. The molecule has 0 saturated carbocycles. The number of methoxy groups -OCH3 is 2. The lowest BCUT2D eigenvalue weighted by Crippen LogP contribution is -2.42. The van der Waals surface area contributed by atoms with Crippen LogP contribution in [0.25, 0.3) is 0 Å². The second kappa shape index (κ2) is 10.3. The van der Waals surface area contributed by atoms with Gasteiger partial charge in [0.1, 0.15) is 18.0 Å². The molecule has 0 spiro atoms. The van der Waals surface area contributed by atoms with Crippen molar-refractivity contribution in [1.82, 2.24) is 5.32 Å². The van der Waals surface area contributed by atoms with E-state index in [1.807, 2.05) is 24.3 Å². The van der Waals surface area contributed by atoms with Crippen LogP contribution in [0, 0.1) is 5.92 Å². The molecule has 0 aliphatic carbocycles. The number of rotatable bonds is 10. The first-order chi connectivity index (χ1) is 14.2. The number of amides is 1. The molecule has 1 atom stereocenters. The first-order valence-corrected chi connectivity index (χ1v) is 11.5. The van der Waals surface area contributed by atoms with E-state index < -0.39 is 15.9 Å². The number of anilines is 1. The number of benzene rings is 2. The summed E-state index contributed by atoms with van der Waals surface area (Å²) in [4.78, 5) is 12.9. The van der Waals surface area contributed by atoms with Crippen LogP contribution in [0.4, 0.5) is 5.69 Å². The van der Waals surface area contributed by atoms with Crippen LogP contribution >= 0.6 is 0 Å². The van der Waals surface area contributed by atoms with Crippen LogP contribution in [0.1, 0.15) is 31.9 Å². The highest BCUT2D eigenvalue weighted by Gasteiger charge is 2.25. The molecule has 0 saturated heterocycles. The van der Waals surface area contributed by atoms with E-state index in [1.165, 1.54) is 7.11 Å². The maximum atomic E-state index is 12.9. The van der Waals surface area contributed by atoms with Crippen molar-refractivity contribution in [3.05, 3.63) is 54.1 Å². The third-order valence-electron chi connectivity index (χ3n) is 4.60. The minimum atomic E-state index is -3.70. The maximum Gasteiger partial charge on any atom is 0.241 e. The van der Waals surface area contributed by atoms with Gasteiger partial charge >= 0.3 is 0 Å². The van der Waals surface area contributed by atoms with E-state index in [-0.39, 0.29) is 12.6 Å². The highest BCUT2D eigenvalue weighted by atomic mass is 32.2. The van der Waals surface area contributed by atoms with Gasteiger partial charge in [0, 0.05) is 0 Å². The molecule has 0 unspecified atom stereocenters. The Hall–Kier alpha value is -2.74. The summed E-state index contributed by atoms with van der Waals surface area (Å²) >= 11 is 0. The first kappa shape index (κ1) is 23.5. The molecule has 164 valence electrons. The number of hydrogen-bond acceptors (Lipinski definition) is 5. The molecule has 7 nitrogen and oxygen atoms in total. The van der Waals surface area contributed by atoms with E-state index in [9.17, 15) is 13.2 Å². The van der Waals surface area contributed by atoms with Gasteiger partial charge in [0.05, 0.1) is 32.2 Å². The minimum Gasteiger partial charge on any atom is -0.497 e. The van der Waals surface area contributed by atoms with Gasteiger partial charge in [-0.05, 0) is 42.2 Å². The quantitative estimate of drug-likeness (QED) is 0.620. The van der Waals surface area contributed by atoms with Crippen LogP contribution < -0.4 is 19.1 Å². The van der Waals surface area contributed by atoms with Crippen molar-refractivity contribution in [3.63, 3.8) is 0 Å². The van der Waals surface area contributed by atoms with Gasteiger partial charge in [-0.3, -0.25) is 9.10 Å². The second-order valence-electron chi connectivity index (χ2n) is 7.46. The zero-order chi connectivity index (χ0) is 22.3. The van der Waals surface area contributed by atoms with Crippen LogP contribution in [0.2, 0.25) is 0 Å². The molecule has 1 amide bonds. The highest BCUT2D eigenvalue weighted by Crippen LogP contribution is 2.29. The van der Waals surface area contributed by atoms with E-state index in [0.717, 1.165) is 21.9 Å². The molecule has 0 radical (unpaired) electrons. The van der Waals surface area contributed by atoms with Gasteiger partial charge < -0.3 is 14.8 Å². The number of hydrogen-bond donors (Lipinski definition) is 1. The van der Waals surface area contributed by atoms with Crippen LogP contribution in [0.15, 0.2) is 48.5 Å². The lowest BCUT2D eigenvalue weighted by atomic mass is 9.97.